The van der Waals surface area contributed by atoms with Crippen molar-refractivity contribution in [1.82, 2.24) is 14.9 Å². The van der Waals surface area contributed by atoms with Crippen LogP contribution in [0.3, 0.4) is 0 Å². The second kappa shape index (κ2) is 6.95. The average molecular weight is 417 g/mol. The molecule has 0 spiro atoms. The summed E-state index contributed by atoms with van der Waals surface area (Å²) in [5.41, 5.74) is 1.18. The Labute approximate surface area is 158 Å². The summed E-state index contributed by atoms with van der Waals surface area (Å²) in [5.74, 6) is 1.28. The first kappa shape index (κ1) is 16.8. The molecule has 1 aromatic carbocycles. The van der Waals surface area contributed by atoms with Crippen LogP contribution >= 0.6 is 15.9 Å². The first-order chi connectivity index (χ1) is 12.7. The van der Waals surface area contributed by atoms with Crippen LogP contribution < -0.4 is 9.64 Å². The molecule has 7 nitrogen and oxygen atoms in total. The molecule has 0 saturated carbocycles. The molecule has 1 fully saturated rings. The van der Waals surface area contributed by atoms with Crippen LogP contribution in [-0.2, 0) is 0 Å². The Kier molecular flexibility index (Phi) is 4.50. The summed E-state index contributed by atoms with van der Waals surface area (Å²) in [5, 5.41) is 0.835. The summed E-state index contributed by atoms with van der Waals surface area (Å²) in [6.07, 6.45) is 3.45. The van der Waals surface area contributed by atoms with Gasteiger partial charge in [0.25, 0.3) is 5.91 Å². The number of hydrogen-bond donors (Lipinski definition) is 0. The number of hydrogen-bond acceptors (Lipinski definition) is 6. The Morgan fingerprint density at radius 3 is 2.58 bits per heavy atom. The first-order valence-electron chi connectivity index (χ1n) is 8.24. The molecule has 8 heteroatoms. The number of ether oxygens (including phenoxy) is 1. The molecule has 2 aromatic heterocycles. The number of benzene rings is 1. The van der Waals surface area contributed by atoms with Crippen LogP contribution in [0.5, 0.6) is 5.75 Å². The van der Waals surface area contributed by atoms with E-state index in [1.165, 1.54) is 0 Å². The van der Waals surface area contributed by atoms with E-state index in [9.17, 15) is 4.79 Å². The van der Waals surface area contributed by atoms with Crippen molar-refractivity contribution in [2.24, 2.45) is 0 Å². The minimum absolute atomic E-state index is 0.0358. The van der Waals surface area contributed by atoms with Crippen molar-refractivity contribution in [3.63, 3.8) is 0 Å². The number of furan rings is 1. The van der Waals surface area contributed by atoms with Crippen LogP contribution in [0.2, 0.25) is 0 Å². The summed E-state index contributed by atoms with van der Waals surface area (Å²) in [7, 11) is 1.59. The van der Waals surface area contributed by atoms with E-state index in [4.69, 9.17) is 9.15 Å². The van der Waals surface area contributed by atoms with Gasteiger partial charge in [-0.25, -0.2) is 9.97 Å². The van der Waals surface area contributed by atoms with Crippen LogP contribution in [0.15, 0.2) is 45.7 Å². The predicted octanol–water partition coefficient (Wildman–Crippen LogP) is 2.96. The van der Waals surface area contributed by atoms with Crippen LogP contribution in [0, 0.1) is 0 Å². The lowest BCUT2D eigenvalue weighted by atomic mass is 10.1. The van der Waals surface area contributed by atoms with Gasteiger partial charge in [-0.3, -0.25) is 4.79 Å². The molecule has 1 aliphatic heterocycles. The summed E-state index contributed by atoms with van der Waals surface area (Å²) in [6.45, 7) is 2.61. The van der Waals surface area contributed by atoms with Gasteiger partial charge in [-0.15, -0.1) is 0 Å². The highest BCUT2D eigenvalue weighted by atomic mass is 79.9. The number of piperazine rings is 1. The van der Waals surface area contributed by atoms with Crippen molar-refractivity contribution in [3.8, 4) is 5.75 Å². The van der Waals surface area contributed by atoms with Gasteiger partial charge in [0, 0.05) is 50.2 Å². The molecule has 26 heavy (non-hydrogen) atoms. The number of fused-ring (bicyclic) bond motifs is 1. The van der Waals surface area contributed by atoms with Crippen LogP contribution in [-0.4, -0.2) is 54.1 Å². The molecule has 0 N–H and O–H groups in total. The number of anilines is 1. The maximum Gasteiger partial charge on any atom is 0.254 e. The average Bonchev–Trinajstić information content (AvgIpc) is 3.07. The van der Waals surface area contributed by atoms with Crippen molar-refractivity contribution < 1.29 is 13.9 Å². The fourth-order valence-electron chi connectivity index (χ4n) is 3.11. The Morgan fingerprint density at radius 2 is 1.88 bits per heavy atom. The molecule has 1 amide bonds. The van der Waals surface area contributed by atoms with E-state index in [1.54, 1.807) is 37.7 Å². The van der Waals surface area contributed by atoms with E-state index in [-0.39, 0.29) is 5.91 Å². The molecular weight excluding hydrogens is 400 g/mol. The van der Waals surface area contributed by atoms with Crippen LogP contribution in [0.25, 0.3) is 11.0 Å². The number of rotatable bonds is 3. The van der Waals surface area contributed by atoms with Gasteiger partial charge in [0.2, 0.25) is 5.95 Å². The highest BCUT2D eigenvalue weighted by Crippen LogP contribution is 2.33. The summed E-state index contributed by atoms with van der Waals surface area (Å²) in [4.78, 5) is 25.4. The third-order valence-corrected chi connectivity index (χ3v) is 4.83. The quantitative estimate of drug-likeness (QED) is 0.653. The molecule has 134 valence electrons. The van der Waals surface area contributed by atoms with Crippen molar-refractivity contribution >= 4 is 38.8 Å². The van der Waals surface area contributed by atoms with Crippen LogP contribution in [0.4, 0.5) is 5.95 Å². The highest BCUT2D eigenvalue weighted by molar-refractivity contribution is 9.10. The topological polar surface area (TPSA) is 71.7 Å². The molecule has 0 unspecified atom stereocenters. The molecule has 3 aromatic rings. The summed E-state index contributed by atoms with van der Waals surface area (Å²) in [6, 6.07) is 7.15. The molecule has 0 bridgehead atoms. The second-order valence-electron chi connectivity index (χ2n) is 5.97. The molecule has 0 atom stereocenters. The van der Waals surface area contributed by atoms with Crippen molar-refractivity contribution in [2.75, 3.05) is 38.2 Å². The molecule has 0 radical (unpaired) electrons. The maximum absolute atomic E-state index is 12.9. The zero-order valence-corrected chi connectivity index (χ0v) is 15.8. The molecule has 4 rings (SSSR count). The lowest BCUT2D eigenvalue weighted by Crippen LogP contribution is -2.49. The van der Waals surface area contributed by atoms with Crippen molar-refractivity contribution in [1.29, 1.82) is 0 Å². The predicted molar refractivity (Wildman–Crippen MR) is 101 cm³/mol. The van der Waals surface area contributed by atoms with Gasteiger partial charge in [0.05, 0.1) is 12.5 Å². The standard InChI is InChI=1S/C18H17BrN4O3/c1-25-14-9-12(10-15-13(14)11-16(19)26-15)17(24)22-5-7-23(8-6-22)18-20-3-2-4-21-18/h2-4,9-11H,5-8H2,1H3. The number of carbonyl (C=O) groups excluding carboxylic acids is 1. The smallest absolute Gasteiger partial charge is 0.254 e. The fraction of sp³-hybridized carbons (Fsp3) is 0.278. The number of amides is 1. The minimum atomic E-state index is -0.0358. The summed E-state index contributed by atoms with van der Waals surface area (Å²) < 4.78 is 11.6. The lowest BCUT2D eigenvalue weighted by molar-refractivity contribution is 0.0746. The van der Waals surface area contributed by atoms with E-state index in [2.05, 4.69) is 30.8 Å². The van der Waals surface area contributed by atoms with E-state index >= 15 is 0 Å². The fourth-order valence-corrected chi connectivity index (χ4v) is 3.52. The molecule has 1 saturated heterocycles. The molecule has 0 aliphatic carbocycles. The van der Waals surface area contributed by atoms with Crippen molar-refractivity contribution in [2.45, 2.75) is 0 Å². The van der Waals surface area contributed by atoms with Gasteiger partial charge < -0.3 is 19.0 Å². The highest BCUT2D eigenvalue weighted by Gasteiger charge is 2.24. The minimum Gasteiger partial charge on any atom is -0.496 e. The van der Waals surface area contributed by atoms with E-state index in [0.29, 0.717) is 53.7 Å². The Bertz CT molecular complexity index is 936. The number of methoxy groups -OCH3 is 1. The molecular formula is C18H17BrN4O3. The van der Waals surface area contributed by atoms with E-state index < -0.39 is 0 Å². The SMILES string of the molecule is COc1cc(C(=O)N2CCN(c3ncccn3)CC2)cc2oc(Br)cc12. The third-order valence-electron chi connectivity index (χ3n) is 4.44. The van der Waals surface area contributed by atoms with Gasteiger partial charge in [-0.05, 0) is 34.1 Å². The zero-order chi connectivity index (χ0) is 18.1. The summed E-state index contributed by atoms with van der Waals surface area (Å²) >= 11 is 3.32. The van der Waals surface area contributed by atoms with Crippen LogP contribution in [0.1, 0.15) is 10.4 Å². The number of halogens is 1. The normalized spacial score (nSPS) is 14.7. The van der Waals surface area contributed by atoms with Gasteiger partial charge in [-0.1, -0.05) is 0 Å². The number of nitrogens with zero attached hydrogens (tertiary/aromatic N) is 4. The lowest BCUT2D eigenvalue weighted by Gasteiger charge is -2.34. The van der Waals surface area contributed by atoms with E-state index in [0.717, 1.165) is 5.39 Å². The Balaban J connectivity index is 1.52. The first-order valence-corrected chi connectivity index (χ1v) is 9.03. The third kappa shape index (κ3) is 3.12. The zero-order valence-electron chi connectivity index (χ0n) is 14.2. The monoisotopic (exact) mass is 416 g/mol. The van der Waals surface area contributed by atoms with Gasteiger partial charge >= 0.3 is 0 Å². The Morgan fingerprint density at radius 1 is 1.15 bits per heavy atom. The second-order valence-corrected chi connectivity index (χ2v) is 6.75. The number of aromatic nitrogens is 2. The van der Waals surface area contributed by atoms with Gasteiger partial charge in [-0.2, -0.15) is 0 Å². The Hall–Kier alpha value is -2.61. The maximum atomic E-state index is 12.9. The molecule has 1 aliphatic rings. The van der Waals surface area contributed by atoms with Gasteiger partial charge in [0.15, 0.2) is 4.67 Å². The number of carbonyl (C=O) groups is 1. The van der Waals surface area contributed by atoms with Gasteiger partial charge in [0.1, 0.15) is 11.3 Å². The van der Waals surface area contributed by atoms with E-state index in [1.807, 2.05) is 11.0 Å². The largest absolute Gasteiger partial charge is 0.496 e. The molecule has 3 heterocycles. The van der Waals surface area contributed by atoms with Crippen molar-refractivity contribution in [3.05, 3.63) is 46.9 Å².